The first-order valence-electron chi connectivity index (χ1n) is 5.74. The van der Waals surface area contributed by atoms with Crippen LogP contribution in [0.4, 0.5) is 5.69 Å². The second-order valence-corrected chi connectivity index (χ2v) is 5.20. The van der Waals surface area contributed by atoms with E-state index in [1.165, 1.54) is 23.9 Å². The molecule has 0 heterocycles. The van der Waals surface area contributed by atoms with Crippen molar-refractivity contribution in [1.29, 1.82) is 0 Å². The minimum absolute atomic E-state index is 0.0409. The molecule has 2 aromatic rings. The molecular formula is C14H11NO4S. The fourth-order valence-electron chi connectivity index (χ4n) is 1.71. The van der Waals surface area contributed by atoms with Crippen molar-refractivity contribution in [3.63, 3.8) is 0 Å². The van der Waals surface area contributed by atoms with Crippen LogP contribution in [-0.4, -0.2) is 16.0 Å². The number of benzene rings is 2. The number of hydrogen-bond donors (Lipinski definition) is 1. The van der Waals surface area contributed by atoms with Crippen molar-refractivity contribution >= 4 is 23.4 Å². The molecule has 5 nitrogen and oxygen atoms in total. The van der Waals surface area contributed by atoms with E-state index in [-0.39, 0.29) is 11.3 Å². The summed E-state index contributed by atoms with van der Waals surface area (Å²) in [5.41, 5.74) is 1.02. The number of carbonyl (C=O) groups is 1. The van der Waals surface area contributed by atoms with Gasteiger partial charge < -0.3 is 5.11 Å². The van der Waals surface area contributed by atoms with Crippen LogP contribution >= 0.6 is 11.8 Å². The van der Waals surface area contributed by atoms with Crippen LogP contribution in [0.1, 0.15) is 15.9 Å². The predicted molar refractivity (Wildman–Crippen MR) is 75.4 cm³/mol. The quantitative estimate of drug-likeness (QED) is 0.684. The Bertz CT molecular complexity index is 685. The van der Waals surface area contributed by atoms with Gasteiger partial charge in [0.15, 0.2) is 0 Å². The van der Waals surface area contributed by atoms with Crippen LogP contribution in [0.2, 0.25) is 0 Å². The summed E-state index contributed by atoms with van der Waals surface area (Å²) in [6.45, 7) is 1.78. The van der Waals surface area contributed by atoms with Crippen LogP contribution in [0.5, 0.6) is 0 Å². The molecule has 0 spiro atoms. The van der Waals surface area contributed by atoms with Gasteiger partial charge in [-0.1, -0.05) is 23.9 Å². The number of nitrogens with zero attached hydrogens (tertiary/aromatic N) is 1. The lowest BCUT2D eigenvalue weighted by atomic mass is 10.1. The van der Waals surface area contributed by atoms with E-state index in [0.717, 1.165) is 10.5 Å². The predicted octanol–water partition coefficient (Wildman–Crippen LogP) is 3.75. The Morgan fingerprint density at radius 1 is 1.20 bits per heavy atom. The number of nitro groups is 1. The lowest BCUT2D eigenvalue weighted by Crippen LogP contribution is -1.97. The molecule has 2 aromatic carbocycles. The number of para-hydroxylation sites is 1. The normalized spacial score (nSPS) is 10.2. The summed E-state index contributed by atoms with van der Waals surface area (Å²) in [7, 11) is 0. The molecule has 1 N–H and O–H groups in total. The highest BCUT2D eigenvalue weighted by atomic mass is 32.2. The number of carboxylic acid groups (broad SMARTS) is 1. The number of aromatic carboxylic acids is 1. The highest BCUT2D eigenvalue weighted by molar-refractivity contribution is 7.99. The molecule has 0 radical (unpaired) electrons. The first-order valence-corrected chi connectivity index (χ1v) is 6.56. The van der Waals surface area contributed by atoms with E-state index in [2.05, 4.69) is 0 Å². The molecule has 2 rings (SSSR count). The molecule has 0 saturated heterocycles. The number of aryl methyl sites for hydroxylation is 1. The van der Waals surface area contributed by atoms with E-state index in [9.17, 15) is 14.9 Å². The molecule has 0 fully saturated rings. The maximum atomic E-state index is 11.0. The molecule has 0 bridgehead atoms. The third-order valence-corrected chi connectivity index (χ3v) is 3.95. The molecular weight excluding hydrogens is 278 g/mol. The fourth-order valence-corrected chi connectivity index (χ4v) is 2.70. The Kier molecular flexibility index (Phi) is 4.05. The average Bonchev–Trinajstić information content (AvgIpc) is 2.41. The van der Waals surface area contributed by atoms with Crippen LogP contribution in [0.3, 0.4) is 0 Å². The van der Waals surface area contributed by atoms with Crippen LogP contribution in [0, 0.1) is 17.0 Å². The Labute approximate surface area is 119 Å². The summed E-state index contributed by atoms with van der Waals surface area (Å²) >= 11 is 1.25. The Morgan fingerprint density at radius 2 is 1.90 bits per heavy atom. The molecule has 102 valence electrons. The monoisotopic (exact) mass is 289 g/mol. The molecule has 0 aliphatic rings. The zero-order valence-electron chi connectivity index (χ0n) is 10.6. The van der Waals surface area contributed by atoms with Gasteiger partial charge in [-0.15, -0.1) is 0 Å². The third kappa shape index (κ3) is 2.97. The zero-order chi connectivity index (χ0) is 14.7. The smallest absolute Gasteiger partial charge is 0.335 e. The second-order valence-electron chi connectivity index (χ2n) is 4.11. The van der Waals surface area contributed by atoms with Crippen molar-refractivity contribution in [1.82, 2.24) is 0 Å². The van der Waals surface area contributed by atoms with E-state index in [4.69, 9.17) is 5.11 Å². The van der Waals surface area contributed by atoms with Gasteiger partial charge >= 0.3 is 5.97 Å². The van der Waals surface area contributed by atoms with Crippen LogP contribution < -0.4 is 0 Å². The molecule has 0 atom stereocenters. The van der Waals surface area contributed by atoms with Gasteiger partial charge in [-0.2, -0.15) is 0 Å². The Hall–Kier alpha value is -2.34. The van der Waals surface area contributed by atoms with Gasteiger partial charge in [-0.05, 0) is 36.8 Å². The molecule has 6 heteroatoms. The van der Waals surface area contributed by atoms with Gasteiger partial charge in [0.1, 0.15) is 0 Å². The second kappa shape index (κ2) is 5.75. The van der Waals surface area contributed by atoms with E-state index >= 15 is 0 Å². The van der Waals surface area contributed by atoms with Gasteiger partial charge in [0.2, 0.25) is 0 Å². The molecule has 0 aliphatic heterocycles. The van der Waals surface area contributed by atoms with Crippen molar-refractivity contribution in [3.8, 4) is 0 Å². The minimum atomic E-state index is -0.990. The Morgan fingerprint density at radius 3 is 2.50 bits per heavy atom. The lowest BCUT2D eigenvalue weighted by molar-refractivity contribution is -0.387. The number of rotatable bonds is 4. The van der Waals surface area contributed by atoms with Crippen molar-refractivity contribution in [2.24, 2.45) is 0 Å². The first-order chi connectivity index (χ1) is 9.49. The highest BCUT2D eigenvalue weighted by Gasteiger charge is 2.15. The largest absolute Gasteiger partial charge is 0.478 e. The molecule has 0 aromatic heterocycles. The van der Waals surface area contributed by atoms with Crippen LogP contribution in [0.15, 0.2) is 52.3 Å². The molecule has 20 heavy (non-hydrogen) atoms. The summed E-state index contributed by atoms with van der Waals surface area (Å²) in [4.78, 5) is 22.7. The van der Waals surface area contributed by atoms with Crippen molar-refractivity contribution in [2.75, 3.05) is 0 Å². The third-order valence-electron chi connectivity index (χ3n) is 2.70. The Balaban J connectivity index is 2.36. The standard InChI is InChI=1S/C14H11NO4S/c1-9-8-10(14(16)17)6-7-12(9)20-13-5-3-2-4-11(13)15(18)19/h2-8H,1H3,(H,16,17). The summed E-state index contributed by atoms with van der Waals surface area (Å²) in [5.74, 6) is -0.990. The van der Waals surface area contributed by atoms with Crippen molar-refractivity contribution < 1.29 is 14.8 Å². The molecule has 0 saturated carbocycles. The van der Waals surface area contributed by atoms with E-state index in [1.54, 1.807) is 37.3 Å². The van der Waals surface area contributed by atoms with Gasteiger partial charge in [0, 0.05) is 11.0 Å². The SMILES string of the molecule is Cc1cc(C(=O)O)ccc1Sc1ccccc1[N+](=O)[O-]. The van der Waals surface area contributed by atoms with E-state index in [1.807, 2.05) is 0 Å². The maximum absolute atomic E-state index is 11.0. The minimum Gasteiger partial charge on any atom is -0.478 e. The molecule has 0 aliphatic carbocycles. The lowest BCUT2D eigenvalue weighted by Gasteiger charge is -2.07. The summed E-state index contributed by atoms with van der Waals surface area (Å²) < 4.78 is 0. The molecule has 0 amide bonds. The summed E-state index contributed by atoms with van der Waals surface area (Å²) in [6.07, 6.45) is 0. The van der Waals surface area contributed by atoms with Gasteiger partial charge in [-0.25, -0.2) is 4.79 Å². The van der Waals surface area contributed by atoms with Crippen molar-refractivity contribution in [3.05, 3.63) is 63.7 Å². The average molecular weight is 289 g/mol. The van der Waals surface area contributed by atoms with E-state index in [0.29, 0.717) is 4.90 Å². The van der Waals surface area contributed by atoms with Gasteiger partial charge in [0.05, 0.1) is 15.4 Å². The van der Waals surface area contributed by atoms with E-state index < -0.39 is 10.9 Å². The molecule has 0 unspecified atom stereocenters. The number of carboxylic acids is 1. The van der Waals surface area contributed by atoms with Crippen LogP contribution in [0.25, 0.3) is 0 Å². The maximum Gasteiger partial charge on any atom is 0.335 e. The van der Waals surface area contributed by atoms with Gasteiger partial charge in [0.25, 0.3) is 5.69 Å². The number of nitro benzene ring substituents is 1. The highest BCUT2D eigenvalue weighted by Crippen LogP contribution is 2.36. The fraction of sp³-hybridized carbons (Fsp3) is 0.0714. The topological polar surface area (TPSA) is 80.4 Å². The number of hydrogen-bond acceptors (Lipinski definition) is 4. The summed E-state index contributed by atoms with van der Waals surface area (Å²) in [5, 5.41) is 19.9. The van der Waals surface area contributed by atoms with Crippen molar-refractivity contribution in [2.45, 2.75) is 16.7 Å². The first kappa shape index (κ1) is 14.1. The van der Waals surface area contributed by atoms with Crippen LogP contribution in [-0.2, 0) is 0 Å². The summed E-state index contributed by atoms with van der Waals surface area (Å²) in [6, 6.07) is 11.2. The van der Waals surface area contributed by atoms with Gasteiger partial charge in [-0.3, -0.25) is 10.1 Å². The zero-order valence-corrected chi connectivity index (χ0v) is 11.4.